The Hall–Kier alpha value is -1.92. The molecule has 1 saturated heterocycles. The summed E-state index contributed by atoms with van der Waals surface area (Å²) in [7, 11) is 0. The van der Waals surface area contributed by atoms with Crippen molar-refractivity contribution in [1.29, 1.82) is 0 Å². The number of carboxylic acids is 1. The summed E-state index contributed by atoms with van der Waals surface area (Å²) in [6, 6.07) is 8.26. The van der Waals surface area contributed by atoms with Gasteiger partial charge in [0.25, 0.3) is 0 Å². The molecule has 0 spiro atoms. The molecule has 1 aliphatic rings. The third-order valence-electron chi connectivity index (χ3n) is 4.97. The van der Waals surface area contributed by atoms with Gasteiger partial charge in [-0.25, -0.2) is 0 Å². The van der Waals surface area contributed by atoms with E-state index in [0.29, 0.717) is 13.2 Å². The zero-order valence-electron chi connectivity index (χ0n) is 16.7. The van der Waals surface area contributed by atoms with Crippen molar-refractivity contribution in [1.82, 2.24) is 0 Å². The lowest BCUT2D eigenvalue weighted by atomic mass is 9.96. The molecule has 0 bridgehead atoms. The summed E-state index contributed by atoms with van der Waals surface area (Å²) in [4.78, 5) is 16.6. The highest BCUT2D eigenvalue weighted by Crippen LogP contribution is 2.29. The van der Waals surface area contributed by atoms with Gasteiger partial charge in [0.2, 0.25) is 5.79 Å². The van der Waals surface area contributed by atoms with Crippen LogP contribution in [0.5, 0.6) is 0 Å². The Morgan fingerprint density at radius 1 is 1.33 bits per heavy atom. The molecule has 6 nitrogen and oxygen atoms in total. The van der Waals surface area contributed by atoms with E-state index in [1.54, 1.807) is 0 Å². The summed E-state index contributed by atoms with van der Waals surface area (Å²) >= 11 is 0. The van der Waals surface area contributed by atoms with Gasteiger partial charge in [-0.3, -0.25) is 0 Å². The first kappa shape index (κ1) is 21.4. The number of hydrogen-bond donors (Lipinski definition) is 0. The number of ether oxygens (including phenoxy) is 2. The monoisotopic (exact) mass is 376 g/mol. The van der Waals surface area contributed by atoms with Gasteiger partial charge in [-0.05, 0) is 52.0 Å². The molecule has 0 aliphatic carbocycles. The standard InChI is InChI=1S/C21H31NO5/c1-5-19(17-11-9-15(2)10-12-17)22-26-13-7-6-8-18-14-25-21(4,20(23)24)27-16(18)3/h9-12,16,18H,5-8,13-14H2,1-4H3,(H,23,24)/p-1/b22-19-. The Morgan fingerprint density at radius 3 is 2.63 bits per heavy atom. The maximum Gasteiger partial charge on any atom is 0.206 e. The van der Waals surface area contributed by atoms with Crippen LogP contribution >= 0.6 is 0 Å². The zero-order chi connectivity index (χ0) is 19.9. The second kappa shape index (κ2) is 9.85. The Kier molecular flexibility index (Phi) is 7.80. The average molecular weight is 376 g/mol. The van der Waals surface area contributed by atoms with Crippen LogP contribution in [-0.2, 0) is 19.1 Å². The van der Waals surface area contributed by atoms with Crippen molar-refractivity contribution in [2.45, 2.75) is 65.3 Å². The average Bonchev–Trinajstić information content (AvgIpc) is 2.63. The minimum Gasteiger partial charge on any atom is -0.544 e. The van der Waals surface area contributed by atoms with Crippen molar-refractivity contribution in [2.75, 3.05) is 13.2 Å². The Bertz CT molecular complexity index is 642. The molecule has 1 fully saturated rings. The Labute approximate surface area is 161 Å². The smallest absolute Gasteiger partial charge is 0.206 e. The van der Waals surface area contributed by atoms with E-state index in [9.17, 15) is 9.90 Å². The molecule has 6 heteroatoms. The fourth-order valence-corrected chi connectivity index (χ4v) is 3.08. The number of carboxylic acid groups (broad SMARTS) is 1. The van der Waals surface area contributed by atoms with Crippen LogP contribution in [-0.4, -0.2) is 36.8 Å². The van der Waals surface area contributed by atoms with Crippen molar-refractivity contribution in [3.8, 4) is 0 Å². The summed E-state index contributed by atoms with van der Waals surface area (Å²) in [5, 5.41) is 15.3. The van der Waals surface area contributed by atoms with Crippen LogP contribution in [0.2, 0.25) is 0 Å². The van der Waals surface area contributed by atoms with Crippen molar-refractivity contribution in [3.05, 3.63) is 35.4 Å². The van der Waals surface area contributed by atoms with Gasteiger partial charge in [-0.1, -0.05) is 41.9 Å². The number of rotatable bonds is 9. The minimum absolute atomic E-state index is 0.166. The lowest BCUT2D eigenvalue weighted by Crippen LogP contribution is -2.56. The number of benzene rings is 1. The number of oxime groups is 1. The Morgan fingerprint density at radius 2 is 2.04 bits per heavy atom. The molecule has 3 atom stereocenters. The summed E-state index contributed by atoms with van der Waals surface area (Å²) in [5.41, 5.74) is 3.25. The molecule has 0 aromatic heterocycles. The van der Waals surface area contributed by atoms with E-state index in [4.69, 9.17) is 14.3 Å². The molecule has 0 radical (unpaired) electrons. The van der Waals surface area contributed by atoms with Gasteiger partial charge in [0, 0.05) is 5.92 Å². The molecule has 1 aromatic rings. The topological polar surface area (TPSA) is 80.2 Å². The number of unbranched alkanes of at least 4 members (excludes halogenated alkanes) is 1. The molecule has 1 heterocycles. The fraction of sp³-hybridized carbons (Fsp3) is 0.619. The number of hydrogen-bond acceptors (Lipinski definition) is 6. The molecular formula is C21H30NO5-. The van der Waals surface area contributed by atoms with E-state index in [1.165, 1.54) is 12.5 Å². The quantitative estimate of drug-likeness (QED) is 0.376. The number of nitrogens with zero attached hydrogens (tertiary/aromatic N) is 1. The van der Waals surface area contributed by atoms with Crippen LogP contribution in [0.1, 0.15) is 57.6 Å². The zero-order valence-corrected chi connectivity index (χ0v) is 16.7. The van der Waals surface area contributed by atoms with E-state index in [2.05, 4.69) is 43.3 Å². The highest BCUT2D eigenvalue weighted by Gasteiger charge is 2.38. The molecule has 27 heavy (non-hydrogen) atoms. The van der Waals surface area contributed by atoms with Crippen LogP contribution in [0.4, 0.5) is 0 Å². The molecule has 150 valence electrons. The van der Waals surface area contributed by atoms with E-state index in [0.717, 1.165) is 37.0 Å². The molecule has 3 unspecified atom stereocenters. The number of carbonyl (C=O) groups is 1. The molecule has 2 rings (SSSR count). The van der Waals surface area contributed by atoms with Crippen LogP contribution in [0.3, 0.4) is 0 Å². The van der Waals surface area contributed by atoms with E-state index >= 15 is 0 Å². The van der Waals surface area contributed by atoms with Gasteiger partial charge in [0.05, 0.1) is 18.4 Å². The summed E-state index contributed by atoms with van der Waals surface area (Å²) in [6.45, 7) is 8.30. The van der Waals surface area contributed by atoms with Crippen LogP contribution in [0.15, 0.2) is 29.4 Å². The second-order valence-electron chi connectivity index (χ2n) is 7.21. The molecular weight excluding hydrogens is 346 g/mol. The Balaban J connectivity index is 1.70. The van der Waals surface area contributed by atoms with Gasteiger partial charge in [-0.15, -0.1) is 0 Å². The van der Waals surface area contributed by atoms with Crippen LogP contribution < -0.4 is 5.11 Å². The predicted molar refractivity (Wildman–Crippen MR) is 101 cm³/mol. The van der Waals surface area contributed by atoms with Crippen molar-refractivity contribution >= 4 is 11.7 Å². The van der Waals surface area contributed by atoms with Gasteiger partial charge in [0.1, 0.15) is 12.6 Å². The number of aryl methyl sites for hydroxylation is 1. The van der Waals surface area contributed by atoms with Gasteiger partial charge < -0.3 is 24.2 Å². The highest BCUT2D eigenvalue weighted by atomic mass is 16.7. The SMILES string of the molecule is CC/C(=N/OCCCCC1COC(C)(C(=O)[O-])OC1C)c1ccc(C)cc1. The largest absolute Gasteiger partial charge is 0.544 e. The summed E-state index contributed by atoms with van der Waals surface area (Å²) in [5.74, 6) is -2.81. The first-order chi connectivity index (χ1) is 12.9. The predicted octanol–water partition coefficient (Wildman–Crippen LogP) is 2.81. The lowest BCUT2D eigenvalue weighted by Gasteiger charge is -2.42. The first-order valence-corrected chi connectivity index (χ1v) is 9.64. The molecule has 0 amide bonds. The number of carbonyl (C=O) groups excluding carboxylic acids is 1. The molecule has 1 aromatic carbocycles. The van der Waals surface area contributed by atoms with E-state index in [-0.39, 0.29) is 12.0 Å². The fourth-order valence-electron chi connectivity index (χ4n) is 3.08. The third kappa shape index (κ3) is 6.04. The van der Waals surface area contributed by atoms with E-state index < -0.39 is 11.8 Å². The van der Waals surface area contributed by atoms with Gasteiger partial charge in [-0.2, -0.15) is 0 Å². The molecule has 1 aliphatic heterocycles. The van der Waals surface area contributed by atoms with Crippen molar-refractivity contribution in [3.63, 3.8) is 0 Å². The highest BCUT2D eigenvalue weighted by molar-refractivity contribution is 6.00. The second-order valence-corrected chi connectivity index (χ2v) is 7.21. The van der Waals surface area contributed by atoms with E-state index in [1.807, 2.05) is 6.92 Å². The maximum atomic E-state index is 11.1. The first-order valence-electron chi connectivity index (χ1n) is 9.64. The maximum absolute atomic E-state index is 11.1. The lowest BCUT2D eigenvalue weighted by molar-refractivity contribution is -0.374. The van der Waals surface area contributed by atoms with Crippen LogP contribution in [0.25, 0.3) is 0 Å². The number of aliphatic carboxylic acids is 1. The normalized spacial score (nSPS) is 26.0. The van der Waals surface area contributed by atoms with Crippen molar-refractivity contribution < 1.29 is 24.2 Å². The van der Waals surface area contributed by atoms with Gasteiger partial charge >= 0.3 is 0 Å². The minimum atomic E-state index is -1.64. The third-order valence-corrected chi connectivity index (χ3v) is 4.97. The molecule has 0 N–H and O–H groups in total. The van der Waals surface area contributed by atoms with Crippen molar-refractivity contribution in [2.24, 2.45) is 11.1 Å². The van der Waals surface area contributed by atoms with Crippen LogP contribution in [0, 0.1) is 12.8 Å². The molecule has 0 saturated carbocycles. The van der Waals surface area contributed by atoms with Gasteiger partial charge in [0.15, 0.2) is 0 Å². The summed E-state index contributed by atoms with van der Waals surface area (Å²) in [6.07, 6.45) is 3.32. The summed E-state index contributed by atoms with van der Waals surface area (Å²) < 4.78 is 10.8.